The van der Waals surface area contributed by atoms with Crippen LogP contribution in [-0.4, -0.2) is 50.7 Å². The van der Waals surface area contributed by atoms with Gasteiger partial charge in [-0.3, -0.25) is 4.90 Å². The first-order valence-electron chi connectivity index (χ1n) is 9.98. The van der Waals surface area contributed by atoms with E-state index in [0.717, 1.165) is 32.1 Å². The summed E-state index contributed by atoms with van der Waals surface area (Å²) in [5.74, 6) is 0.463. The van der Waals surface area contributed by atoms with Gasteiger partial charge in [0, 0.05) is 31.9 Å². The number of halogens is 1. The second-order valence-corrected chi connectivity index (χ2v) is 7.59. The van der Waals surface area contributed by atoms with Crippen molar-refractivity contribution in [2.24, 2.45) is 0 Å². The third-order valence-corrected chi connectivity index (χ3v) is 6.08. The average Bonchev–Trinajstić information content (AvgIpc) is 3.15. The van der Waals surface area contributed by atoms with Crippen LogP contribution in [0.4, 0.5) is 5.69 Å². The number of carbonyl (C=O) groups excluding carboxylic acids is 1. The molecule has 1 aliphatic heterocycles. The second kappa shape index (κ2) is 9.44. The Hall–Kier alpha value is -2.04. The van der Waals surface area contributed by atoms with E-state index in [1.165, 1.54) is 38.6 Å². The molecular formula is C23H29ClN2O2. The predicted molar refractivity (Wildman–Crippen MR) is 116 cm³/mol. The molecule has 1 heterocycles. The Bertz CT molecular complexity index is 785. The highest BCUT2D eigenvalue weighted by atomic mass is 35.5. The fourth-order valence-electron chi connectivity index (χ4n) is 4.44. The largest absolute Gasteiger partial charge is 0.465 e. The summed E-state index contributed by atoms with van der Waals surface area (Å²) in [4.78, 5) is 16.6. The Kier molecular flexibility index (Phi) is 6.97. The summed E-state index contributed by atoms with van der Waals surface area (Å²) < 4.78 is 4.77. The van der Waals surface area contributed by atoms with E-state index < -0.39 is 0 Å². The molecule has 1 saturated heterocycles. The molecule has 2 aromatic carbocycles. The molecule has 4 nitrogen and oxygen atoms in total. The van der Waals surface area contributed by atoms with Crippen molar-refractivity contribution in [1.29, 1.82) is 0 Å². The van der Waals surface area contributed by atoms with Gasteiger partial charge in [0.1, 0.15) is 0 Å². The summed E-state index contributed by atoms with van der Waals surface area (Å²) in [6.07, 6.45) is 3.83. The SMILES string of the molecule is COC(=O)c1ccc(N2CCN(CCC3CCc4ccccc43)CC2)cc1.Cl. The zero-order chi connectivity index (χ0) is 18.6. The van der Waals surface area contributed by atoms with Gasteiger partial charge >= 0.3 is 5.97 Å². The number of methoxy groups -OCH3 is 1. The van der Waals surface area contributed by atoms with Crippen LogP contribution in [-0.2, 0) is 11.2 Å². The highest BCUT2D eigenvalue weighted by molar-refractivity contribution is 5.89. The number of esters is 1. The second-order valence-electron chi connectivity index (χ2n) is 7.59. The quantitative estimate of drug-likeness (QED) is 0.706. The minimum atomic E-state index is -0.278. The number of piperazine rings is 1. The number of carbonyl (C=O) groups is 1. The lowest BCUT2D eigenvalue weighted by atomic mass is 9.97. The summed E-state index contributed by atoms with van der Waals surface area (Å²) in [5, 5.41) is 0. The molecule has 0 N–H and O–H groups in total. The number of ether oxygens (including phenoxy) is 1. The van der Waals surface area contributed by atoms with E-state index in [1.54, 1.807) is 11.1 Å². The summed E-state index contributed by atoms with van der Waals surface area (Å²) in [5.41, 5.74) is 4.94. The van der Waals surface area contributed by atoms with Crippen molar-refractivity contribution in [3.05, 3.63) is 65.2 Å². The number of rotatable bonds is 5. The Morgan fingerprint density at radius 2 is 1.75 bits per heavy atom. The third-order valence-electron chi connectivity index (χ3n) is 6.08. The molecule has 1 fully saturated rings. The minimum Gasteiger partial charge on any atom is -0.465 e. The standard InChI is InChI=1S/C23H28N2O2.ClH/c1-27-23(26)20-8-10-21(11-9-20)25-16-14-24(15-17-25)13-12-19-7-6-18-4-2-3-5-22(18)19;/h2-5,8-11,19H,6-7,12-17H2,1H3;1H. The molecule has 5 heteroatoms. The lowest BCUT2D eigenvalue weighted by Crippen LogP contribution is -2.46. The number of benzene rings is 2. The molecule has 1 aliphatic carbocycles. The maximum absolute atomic E-state index is 11.6. The first kappa shape index (κ1) is 20.7. The van der Waals surface area contributed by atoms with Crippen LogP contribution in [0.2, 0.25) is 0 Å². The van der Waals surface area contributed by atoms with Crippen LogP contribution in [0.25, 0.3) is 0 Å². The Balaban J connectivity index is 0.00000225. The maximum atomic E-state index is 11.6. The van der Waals surface area contributed by atoms with E-state index in [4.69, 9.17) is 4.74 Å². The highest BCUT2D eigenvalue weighted by Crippen LogP contribution is 2.35. The lowest BCUT2D eigenvalue weighted by molar-refractivity contribution is 0.0601. The number of hydrogen-bond acceptors (Lipinski definition) is 4. The summed E-state index contributed by atoms with van der Waals surface area (Å²) in [6, 6.07) is 16.7. The first-order valence-corrected chi connectivity index (χ1v) is 9.98. The number of nitrogens with zero attached hydrogens (tertiary/aromatic N) is 2. The minimum absolute atomic E-state index is 0. The van der Waals surface area contributed by atoms with Gasteiger partial charge in [-0.2, -0.15) is 0 Å². The number of fused-ring (bicyclic) bond motifs is 1. The van der Waals surface area contributed by atoms with Crippen LogP contribution >= 0.6 is 12.4 Å². The lowest BCUT2D eigenvalue weighted by Gasteiger charge is -2.36. The first-order chi connectivity index (χ1) is 13.2. The van der Waals surface area contributed by atoms with Crippen molar-refractivity contribution in [1.82, 2.24) is 4.90 Å². The molecule has 1 unspecified atom stereocenters. The van der Waals surface area contributed by atoms with Crippen LogP contribution in [0.3, 0.4) is 0 Å². The Morgan fingerprint density at radius 3 is 2.46 bits per heavy atom. The van der Waals surface area contributed by atoms with E-state index in [9.17, 15) is 4.79 Å². The van der Waals surface area contributed by atoms with Crippen molar-refractivity contribution < 1.29 is 9.53 Å². The smallest absolute Gasteiger partial charge is 0.337 e. The van der Waals surface area contributed by atoms with E-state index in [0.29, 0.717) is 5.56 Å². The average molecular weight is 401 g/mol. The van der Waals surface area contributed by atoms with Crippen molar-refractivity contribution in [3.8, 4) is 0 Å². The topological polar surface area (TPSA) is 32.8 Å². The molecule has 0 amide bonds. The van der Waals surface area contributed by atoms with Crippen LogP contribution in [0.15, 0.2) is 48.5 Å². The molecule has 4 rings (SSSR count). The summed E-state index contributed by atoms with van der Waals surface area (Å²) in [7, 11) is 1.42. The van der Waals surface area contributed by atoms with E-state index in [1.807, 2.05) is 24.3 Å². The summed E-state index contributed by atoms with van der Waals surface area (Å²) in [6.45, 7) is 5.48. The van der Waals surface area contributed by atoms with Gasteiger partial charge in [-0.05, 0) is 67.1 Å². The van der Waals surface area contributed by atoms with Gasteiger partial charge in [-0.1, -0.05) is 24.3 Å². The fourth-order valence-corrected chi connectivity index (χ4v) is 4.44. The molecule has 0 saturated carbocycles. The maximum Gasteiger partial charge on any atom is 0.337 e. The van der Waals surface area contributed by atoms with E-state index in [-0.39, 0.29) is 18.4 Å². The van der Waals surface area contributed by atoms with Gasteiger partial charge in [0.25, 0.3) is 0 Å². The molecule has 1 atom stereocenters. The zero-order valence-corrected chi connectivity index (χ0v) is 17.3. The molecule has 28 heavy (non-hydrogen) atoms. The predicted octanol–water partition coefficient (Wildman–Crippen LogP) is 4.14. The Labute approximate surface area is 173 Å². The van der Waals surface area contributed by atoms with Crippen LogP contribution in [0.1, 0.15) is 40.2 Å². The summed E-state index contributed by atoms with van der Waals surface area (Å²) >= 11 is 0. The van der Waals surface area contributed by atoms with Crippen LogP contribution in [0.5, 0.6) is 0 Å². The van der Waals surface area contributed by atoms with Crippen LogP contribution in [0, 0.1) is 0 Å². The number of anilines is 1. The fraction of sp³-hybridized carbons (Fsp3) is 0.435. The zero-order valence-electron chi connectivity index (χ0n) is 16.5. The molecule has 150 valence electrons. The monoisotopic (exact) mass is 400 g/mol. The number of aryl methyl sites for hydroxylation is 1. The van der Waals surface area contributed by atoms with Crippen LogP contribution < -0.4 is 4.90 Å². The molecule has 0 spiro atoms. The van der Waals surface area contributed by atoms with Gasteiger partial charge in [-0.25, -0.2) is 4.79 Å². The normalized spacial score (nSPS) is 19.0. The molecule has 2 aliphatic rings. The molecule has 0 bridgehead atoms. The van der Waals surface area contributed by atoms with Crippen molar-refractivity contribution in [2.45, 2.75) is 25.2 Å². The third kappa shape index (κ3) is 4.50. The van der Waals surface area contributed by atoms with Gasteiger partial charge in [-0.15, -0.1) is 12.4 Å². The highest BCUT2D eigenvalue weighted by Gasteiger charge is 2.23. The molecule has 0 aromatic heterocycles. The van der Waals surface area contributed by atoms with Gasteiger partial charge in [0.2, 0.25) is 0 Å². The van der Waals surface area contributed by atoms with Crippen molar-refractivity contribution >= 4 is 24.1 Å². The van der Waals surface area contributed by atoms with Gasteiger partial charge in [0.15, 0.2) is 0 Å². The van der Waals surface area contributed by atoms with E-state index in [2.05, 4.69) is 34.1 Å². The van der Waals surface area contributed by atoms with Gasteiger partial charge in [0.05, 0.1) is 12.7 Å². The Morgan fingerprint density at radius 1 is 1.04 bits per heavy atom. The molecule has 2 aromatic rings. The van der Waals surface area contributed by atoms with Gasteiger partial charge < -0.3 is 9.64 Å². The van der Waals surface area contributed by atoms with E-state index >= 15 is 0 Å². The van der Waals surface area contributed by atoms with Crippen molar-refractivity contribution in [2.75, 3.05) is 44.7 Å². The molecule has 0 radical (unpaired) electrons. The molecular weight excluding hydrogens is 372 g/mol. The number of hydrogen-bond donors (Lipinski definition) is 0. The van der Waals surface area contributed by atoms with Crippen molar-refractivity contribution in [3.63, 3.8) is 0 Å².